The fourth-order valence-electron chi connectivity index (χ4n) is 3.28. The molecule has 17 heavy (non-hydrogen) atoms. The number of thioether (sulfide) groups is 1. The van der Waals surface area contributed by atoms with Gasteiger partial charge in [-0.3, -0.25) is 0 Å². The molecule has 0 spiro atoms. The Labute approximate surface area is 111 Å². The van der Waals surface area contributed by atoms with Crippen LogP contribution in [0.3, 0.4) is 0 Å². The third kappa shape index (κ3) is 4.15. The molecule has 1 aliphatic heterocycles. The van der Waals surface area contributed by atoms with E-state index in [9.17, 15) is 0 Å². The Balaban J connectivity index is 1.81. The van der Waals surface area contributed by atoms with Crippen LogP contribution in [0.5, 0.6) is 0 Å². The number of hydrogen-bond donors (Lipinski definition) is 1. The molecule has 1 saturated carbocycles. The quantitative estimate of drug-likeness (QED) is 0.836. The molecule has 0 aromatic rings. The van der Waals surface area contributed by atoms with Gasteiger partial charge >= 0.3 is 0 Å². The van der Waals surface area contributed by atoms with Gasteiger partial charge in [-0.15, -0.1) is 0 Å². The van der Waals surface area contributed by atoms with E-state index in [0.717, 1.165) is 17.3 Å². The number of nitrogens with zero attached hydrogens (tertiary/aromatic N) is 1. The minimum atomic E-state index is 0.776. The summed E-state index contributed by atoms with van der Waals surface area (Å²) in [5, 5.41) is 4.84. The first-order valence-electron chi connectivity index (χ1n) is 7.27. The smallest absolute Gasteiger partial charge is 0.0198 e. The Morgan fingerprint density at radius 1 is 1.00 bits per heavy atom. The monoisotopic (exact) mass is 256 g/mol. The molecular formula is C14H28N2S. The van der Waals surface area contributed by atoms with Crippen LogP contribution in [0.2, 0.25) is 0 Å². The molecule has 2 rings (SSSR count). The maximum Gasteiger partial charge on any atom is 0.0198 e. The van der Waals surface area contributed by atoms with Crippen LogP contribution < -0.4 is 5.32 Å². The van der Waals surface area contributed by atoms with Crippen LogP contribution in [0.1, 0.15) is 44.9 Å². The summed E-state index contributed by atoms with van der Waals surface area (Å²) in [5.41, 5.74) is 0. The van der Waals surface area contributed by atoms with Gasteiger partial charge in [-0.25, -0.2) is 0 Å². The second-order valence-electron chi connectivity index (χ2n) is 5.76. The van der Waals surface area contributed by atoms with Crippen molar-refractivity contribution in [2.45, 2.75) is 62.3 Å². The van der Waals surface area contributed by atoms with Crippen molar-refractivity contribution in [3.63, 3.8) is 0 Å². The van der Waals surface area contributed by atoms with E-state index in [-0.39, 0.29) is 0 Å². The SMILES string of the molecule is CSC1CCCCC1NC1CCCN(C)CC1. The summed E-state index contributed by atoms with van der Waals surface area (Å²) in [6.07, 6.45) is 12.1. The van der Waals surface area contributed by atoms with E-state index >= 15 is 0 Å². The lowest BCUT2D eigenvalue weighted by molar-refractivity contribution is 0.316. The van der Waals surface area contributed by atoms with Crippen LogP contribution in [-0.4, -0.2) is 48.6 Å². The summed E-state index contributed by atoms with van der Waals surface area (Å²) in [4.78, 5) is 2.48. The van der Waals surface area contributed by atoms with E-state index in [1.54, 1.807) is 0 Å². The lowest BCUT2D eigenvalue weighted by Crippen LogP contribution is -2.46. The highest BCUT2D eigenvalue weighted by molar-refractivity contribution is 7.99. The largest absolute Gasteiger partial charge is 0.310 e. The van der Waals surface area contributed by atoms with Crippen LogP contribution in [0.4, 0.5) is 0 Å². The van der Waals surface area contributed by atoms with E-state index in [1.807, 2.05) is 0 Å². The Morgan fingerprint density at radius 2 is 1.82 bits per heavy atom. The predicted octanol–water partition coefficient (Wildman–Crippen LogP) is 2.73. The van der Waals surface area contributed by atoms with Gasteiger partial charge in [0.25, 0.3) is 0 Å². The summed E-state index contributed by atoms with van der Waals surface area (Å²) >= 11 is 2.08. The molecule has 2 nitrogen and oxygen atoms in total. The molecule has 0 radical (unpaired) electrons. The molecule has 0 aromatic heterocycles. The van der Waals surface area contributed by atoms with Gasteiger partial charge in [0.1, 0.15) is 0 Å². The first-order chi connectivity index (χ1) is 8.29. The molecule has 0 aromatic carbocycles. The standard InChI is InChI=1S/C14H28N2S/c1-16-10-5-6-12(9-11-16)15-13-7-3-4-8-14(13)17-2/h12-15H,3-11H2,1-2H3. The predicted molar refractivity (Wildman–Crippen MR) is 77.8 cm³/mol. The van der Waals surface area contributed by atoms with Gasteiger partial charge in [0.05, 0.1) is 0 Å². The zero-order valence-electron chi connectivity index (χ0n) is 11.5. The van der Waals surface area contributed by atoms with Gasteiger partial charge in [-0.05, 0) is 58.5 Å². The summed E-state index contributed by atoms with van der Waals surface area (Å²) in [6.45, 7) is 2.56. The van der Waals surface area contributed by atoms with E-state index < -0.39 is 0 Å². The van der Waals surface area contributed by atoms with Crippen LogP contribution in [0.25, 0.3) is 0 Å². The highest BCUT2D eigenvalue weighted by Gasteiger charge is 2.26. The highest BCUT2D eigenvalue weighted by atomic mass is 32.2. The lowest BCUT2D eigenvalue weighted by atomic mass is 9.93. The topological polar surface area (TPSA) is 15.3 Å². The molecule has 2 aliphatic rings. The number of hydrogen-bond acceptors (Lipinski definition) is 3. The highest BCUT2D eigenvalue weighted by Crippen LogP contribution is 2.28. The average Bonchev–Trinajstić information content (AvgIpc) is 2.55. The fourth-order valence-corrected chi connectivity index (χ4v) is 4.22. The van der Waals surface area contributed by atoms with Crippen LogP contribution in [0, 0.1) is 0 Å². The molecule has 3 unspecified atom stereocenters. The molecule has 1 N–H and O–H groups in total. The summed E-state index contributed by atoms with van der Waals surface area (Å²) in [5.74, 6) is 0. The van der Waals surface area contributed by atoms with Gasteiger partial charge in [0.15, 0.2) is 0 Å². The summed E-state index contributed by atoms with van der Waals surface area (Å²) in [7, 11) is 2.26. The Hall–Kier alpha value is 0.270. The zero-order valence-corrected chi connectivity index (χ0v) is 12.3. The minimum absolute atomic E-state index is 0.776. The molecule has 1 saturated heterocycles. The third-order valence-corrected chi connectivity index (χ3v) is 5.58. The maximum atomic E-state index is 3.97. The lowest BCUT2D eigenvalue weighted by Gasteiger charge is -2.34. The zero-order chi connectivity index (χ0) is 12.1. The third-order valence-electron chi connectivity index (χ3n) is 4.41. The molecule has 100 valence electrons. The van der Waals surface area contributed by atoms with Crippen molar-refractivity contribution in [1.82, 2.24) is 10.2 Å². The molecule has 3 heteroatoms. The minimum Gasteiger partial charge on any atom is -0.310 e. The molecule has 0 bridgehead atoms. The molecule has 0 amide bonds. The Kier molecular flexibility index (Phi) is 5.64. The maximum absolute atomic E-state index is 3.97. The molecule has 3 atom stereocenters. The number of likely N-dealkylation sites (tertiary alicyclic amines) is 1. The van der Waals surface area contributed by atoms with Crippen molar-refractivity contribution in [2.75, 3.05) is 26.4 Å². The van der Waals surface area contributed by atoms with Gasteiger partial charge < -0.3 is 10.2 Å². The van der Waals surface area contributed by atoms with Gasteiger partial charge in [0.2, 0.25) is 0 Å². The molecule has 1 aliphatic carbocycles. The number of rotatable bonds is 3. The van der Waals surface area contributed by atoms with Crippen LogP contribution in [-0.2, 0) is 0 Å². The van der Waals surface area contributed by atoms with Crippen molar-refractivity contribution in [3.05, 3.63) is 0 Å². The normalized spacial score (nSPS) is 36.7. The van der Waals surface area contributed by atoms with Crippen molar-refractivity contribution >= 4 is 11.8 Å². The first-order valence-corrected chi connectivity index (χ1v) is 8.56. The Morgan fingerprint density at radius 3 is 2.65 bits per heavy atom. The molecule has 2 fully saturated rings. The van der Waals surface area contributed by atoms with Crippen molar-refractivity contribution in [1.29, 1.82) is 0 Å². The van der Waals surface area contributed by atoms with E-state index in [0.29, 0.717) is 0 Å². The van der Waals surface area contributed by atoms with Crippen LogP contribution >= 0.6 is 11.8 Å². The second-order valence-corrected chi connectivity index (χ2v) is 6.84. The van der Waals surface area contributed by atoms with Gasteiger partial charge in [0, 0.05) is 17.3 Å². The van der Waals surface area contributed by atoms with E-state index in [2.05, 4.69) is 35.3 Å². The van der Waals surface area contributed by atoms with E-state index in [1.165, 1.54) is 58.0 Å². The van der Waals surface area contributed by atoms with Crippen molar-refractivity contribution < 1.29 is 0 Å². The van der Waals surface area contributed by atoms with Gasteiger partial charge in [-0.2, -0.15) is 11.8 Å². The van der Waals surface area contributed by atoms with Crippen molar-refractivity contribution in [2.24, 2.45) is 0 Å². The van der Waals surface area contributed by atoms with Gasteiger partial charge in [-0.1, -0.05) is 12.8 Å². The first kappa shape index (κ1) is 13.7. The second kappa shape index (κ2) is 7.01. The van der Waals surface area contributed by atoms with E-state index in [4.69, 9.17) is 0 Å². The Bertz CT molecular complexity index is 222. The molecular weight excluding hydrogens is 228 g/mol. The fraction of sp³-hybridized carbons (Fsp3) is 1.00. The average molecular weight is 256 g/mol. The van der Waals surface area contributed by atoms with Crippen LogP contribution in [0.15, 0.2) is 0 Å². The summed E-state index contributed by atoms with van der Waals surface area (Å²) in [6, 6.07) is 1.56. The molecule has 1 heterocycles. The van der Waals surface area contributed by atoms with Crippen molar-refractivity contribution in [3.8, 4) is 0 Å². The number of nitrogens with one attached hydrogen (secondary N) is 1. The summed E-state index contributed by atoms with van der Waals surface area (Å²) < 4.78 is 0.